The summed E-state index contributed by atoms with van der Waals surface area (Å²) < 4.78 is 15.5. The van der Waals surface area contributed by atoms with Crippen LogP contribution in [-0.2, 0) is 32.8 Å². The molecule has 10 heterocycles. The third-order valence-electron chi connectivity index (χ3n) is 9.24. The third-order valence-corrected chi connectivity index (χ3v) is 9.24. The van der Waals surface area contributed by atoms with Crippen molar-refractivity contribution in [2.75, 3.05) is 20.3 Å². The summed E-state index contributed by atoms with van der Waals surface area (Å²) in [6.45, 7) is 1.74. The van der Waals surface area contributed by atoms with E-state index in [0.29, 0.717) is 65.9 Å². The summed E-state index contributed by atoms with van der Waals surface area (Å²) in [5.74, 6) is 0.706. The summed E-state index contributed by atoms with van der Waals surface area (Å²) in [5.41, 5.74) is 9.46. The van der Waals surface area contributed by atoms with Crippen LogP contribution in [-0.4, -0.2) is 124 Å². The number of ether oxygens (including phenoxy) is 1. The van der Waals surface area contributed by atoms with E-state index in [4.69, 9.17) is 14.9 Å². The second-order valence-corrected chi connectivity index (χ2v) is 13.0. The molecule has 0 atom stereocenters. The van der Waals surface area contributed by atoms with Crippen molar-refractivity contribution in [3.8, 4) is 28.3 Å². The van der Waals surface area contributed by atoms with Gasteiger partial charge in [0.15, 0.2) is 17.0 Å². The minimum atomic E-state index is -0.0714. The van der Waals surface area contributed by atoms with Crippen molar-refractivity contribution in [2.24, 2.45) is 0 Å². The Hall–Kier alpha value is -7.56. The summed E-state index contributed by atoms with van der Waals surface area (Å²) in [6, 6.07) is 7.85. The van der Waals surface area contributed by atoms with Gasteiger partial charge in [0.2, 0.25) is 11.3 Å². The highest BCUT2D eigenvalue weighted by atomic mass is 16.5. The largest absolute Gasteiger partial charge is 0.493 e. The minimum Gasteiger partial charge on any atom is -0.493 e. The van der Waals surface area contributed by atoms with Crippen LogP contribution in [0.4, 0.5) is 0 Å². The Balaban J connectivity index is 0.000000150. The summed E-state index contributed by atoms with van der Waals surface area (Å²) in [4.78, 5) is 18.1. The molecule has 0 aliphatic carbocycles. The number of rotatable bonds is 12. The first kappa shape index (κ1) is 36.1. The average Bonchev–Trinajstić information content (AvgIpc) is 4.12. The van der Waals surface area contributed by atoms with Crippen molar-refractivity contribution in [1.82, 2.24) is 88.7 Å². The first-order valence-corrected chi connectivity index (χ1v) is 18.0. The van der Waals surface area contributed by atoms with Gasteiger partial charge in [-0.25, -0.2) is 38.3 Å². The summed E-state index contributed by atoms with van der Waals surface area (Å²) in [5, 5.41) is 61.0. The molecule has 0 saturated heterocycles. The Morgan fingerprint density at radius 1 is 0.621 bits per heavy atom. The highest BCUT2D eigenvalue weighted by Gasteiger charge is 2.15. The molecule has 10 aromatic heterocycles. The fourth-order valence-electron chi connectivity index (χ4n) is 6.34. The molecule has 0 amide bonds. The van der Waals surface area contributed by atoms with Crippen molar-refractivity contribution in [3.63, 3.8) is 0 Å². The minimum absolute atomic E-state index is 0.0159. The van der Waals surface area contributed by atoms with E-state index in [0.717, 1.165) is 38.9 Å². The van der Waals surface area contributed by atoms with Crippen molar-refractivity contribution in [1.29, 1.82) is 0 Å². The molecule has 0 fully saturated rings. The van der Waals surface area contributed by atoms with E-state index in [1.807, 2.05) is 49.1 Å². The third kappa shape index (κ3) is 7.04. The number of pyridine rings is 2. The monoisotopic (exact) mass is 782 g/mol. The standard InChI is InChI=1S/2C18H17N9O2/c1-29-16-9-21-26-3-2-12(6-15(16)26)10-27-18-17(23-24-27)19-8-14(22-18)13-7-20-25(11-13)4-5-28;28-4-3-25-10-13(6-20-25)15-8-19-17-18(22-15)27(24-23-17)9-12-1-2-26-16(5-12)14(11-29)7-21-26/h2-3,6-9,11,28H,4-5,10H2,1H3;1-2,5-8,10,28-29H,3-4,9,11H2. The number of hydrogen-bond acceptors (Lipinski definition) is 16. The normalized spacial score (nSPS) is 11.6. The summed E-state index contributed by atoms with van der Waals surface area (Å²) in [7, 11) is 1.62. The molecule has 22 heteroatoms. The van der Waals surface area contributed by atoms with Gasteiger partial charge in [-0.3, -0.25) is 9.36 Å². The Morgan fingerprint density at radius 3 is 1.69 bits per heavy atom. The molecule has 3 N–H and O–H groups in total. The van der Waals surface area contributed by atoms with Crippen LogP contribution in [0.1, 0.15) is 16.7 Å². The predicted molar refractivity (Wildman–Crippen MR) is 204 cm³/mol. The molecule has 0 aliphatic rings. The number of aliphatic hydroxyl groups excluding tert-OH is 3. The number of fused-ring (bicyclic) bond motifs is 4. The summed E-state index contributed by atoms with van der Waals surface area (Å²) >= 11 is 0. The van der Waals surface area contributed by atoms with Crippen LogP contribution < -0.4 is 4.74 Å². The second-order valence-electron chi connectivity index (χ2n) is 13.0. The lowest BCUT2D eigenvalue weighted by Gasteiger charge is -2.04. The van der Waals surface area contributed by atoms with Gasteiger partial charge in [-0.15, -0.1) is 10.2 Å². The topological polar surface area (TPSA) is 253 Å². The fraction of sp³-hybridized carbons (Fsp3) is 0.222. The number of aromatic nitrogens is 18. The quantitative estimate of drug-likeness (QED) is 0.157. The van der Waals surface area contributed by atoms with Gasteiger partial charge in [0, 0.05) is 41.5 Å². The van der Waals surface area contributed by atoms with Crippen molar-refractivity contribution in [3.05, 3.63) is 103 Å². The van der Waals surface area contributed by atoms with Gasteiger partial charge >= 0.3 is 0 Å². The van der Waals surface area contributed by atoms with Crippen molar-refractivity contribution in [2.45, 2.75) is 32.8 Å². The van der Waals surface area contributed by atoms with Crippen molar-refractivity contribution >= 4 is 33.6 Å². The average molecular weight is 783 g/mol. The Bertz CT molecular complexity index is 2810. The molecule has 58 heavy (non-hydrogen) atoms. The van der Waals surface area contributed by atoms with Crippen LogP contribution in [0.15, 0.2) is 86.2 Å². The van der Waals surface area contributed by atoms with Crippen LogP contribution in [0.25, 0.3) is 56.1 Å². The van der Waals surface area contributed by atoms with E-state index in [1.165, 1.54) is 0 Å². The fourth-order valence-corrected chi connectivity index (χ4v) is 6.34. The lowest BCUT2D eigenvalue weighted by Crippen LogP contribution is -2.04. The van der Waals surface area contributed by atoms with Crippen LogP contribution in [0.3, 0.4) is 0 Å². The van der Waals surface area contributed by atoms with Crippen LogP contribution in [0.5, 0.6) is 5.75 Å². The Morgan fingerprint density at radius 2 is 1.16 bits per heavy atom. The number of nitrogens with zero attached hydrogens (tertiary/aromatic N) is 18. The molecule has 0 spiro atoms. The molecule has 22 nitrogen and oxygen atoms in total. The molecule has 292 valence electrons. The lowest BCUT2D eigenvalue weighted by atomic mass is 10.2. The SMILES string of the molecule is COc1cnn2ccc(Cn3nnc4ncc(-c5cnn(CCO)c5)nc43)cc12.OCCn1cc(-c2cnc3nnn(Cc4ccn5ncc(CO)c5c4)c3n2)cn1. The molecule has 0 bridgehead atoms. The molecule has 0 aromatic carbocycles. The summed E-state index contributed by atoms with van der Waals surface area (Å²) in [6.07, 6.45) is 17.3. The first-order valence-electron chi connectivity index (χ1n) is 18.0. The van der Waals surface area contributed by atoms with Crippen LogP contribution >= 0.6 is 0 Å². The molecule has 0 aliphatic heterocycles. The van der Waals surface area contributed by atoms with Gasteiger partial charge in [0.05, 0.1) is 107 Å². The number of hydrogen-bond donors (Lipinski definition) is 3. The first-order chi connectivity index (χ1) is 28.5. The zero-order valence-electron chi connectivity index (χ0n) is 30.8. The Kier molecular flexibility index (Phi) is 9.66. The van der Waals surface area contributed by atoms with Crippen LogP contribution in [0.2, 0.25) is 0 Å². The zero-order chi connectivity index (χ0) is 39.6. The van der Waals surface area contributed by atoms with Crippen LogP contribution in [0, 0.1) is 0 Å². The maximum atomic E-state index is 9.47. The van der Waals surface area contributed by atoms with E-state index >= 15 is 0 Å². The zero-order valence-corrected chi connectivity index (χ0v) is 30.8. The highest BCUT2D eigenvalue weighted by molar-refractivity contribution is 5.71. The molecular weight excluding hydrogens is 749 g/mol. The second kappa shape index (κ2) is 15.5. The van der Waals surface area contributed by atoms with Gasteiger partial charge in [-0.1, -0.05) is 10.4 Å². The van der Waals surface area contributed by atoms with Crippen molar-refractivity contribution < 1.29 is 20.1 Å². The van der Waals surface area contributed by atoms with E-state index in [9.17, 15) is 5.11 Å². The molecule has 0 radical (unpaired) electrons. The maximum absolute atomic E-state index is 9.47. The van der Waals surface area contributed by atoms with E-state index < -0.39 is 0 Å². The lowest BCUT2D eigenvalue weighted by molar-refractivity contribution is 0.269. The highest BCUT2D eigenvalue weighted by Crippen LogP contribution is 2.23. The van der Waals surface area contributed by atoms with E-state index in [1.54, 1.807) is 72.0 Å². The number of aliphatic hydroxyl groups is 3. The smallest absolute Gasteiger partial charge is 0.221 e. The molecular formula is C36H34N18O4. The molecule has 0 saturated carbocycles. The van der Waals surface area contributed by atoms with E-state index in [2.05, 4.69) is 61.0 Å². The Labute approximate surface area is 326 Å². The van der Waals surface area contributed by atoms with Gasteiger partial charge < -0.3 is 20.1 Å². The van der Waals surface area contributed by atoms with Gasteiger partial charge in [0.25, 0.3) is 0 Å². The molecule has 10 rings (SSSR count). The molecule has 10 aromatic rings. The predicted octanol–water partition coefficient (Wildman–Crippen LogP) is 1.05. The van der Waals surface area contributed by atoms with Gasteiger partial charge in [-0.05, 0) is 35.4 Å². The number of methoxy groups -OCH3 is 1. The van der Waals surface area contributed by atoms with E-state index in [-0.39, 0.29) is 19.8 Å². The van der Waals surface area contributed by atoms with Gasteiger partial charge in [0.1, 0.15) is 5.52 Å². The maximum Gasteiger partial charge on any atom is 0.221 e. The van der Waals surface area contributed by atoms with Gasteiger partial charge in [-0.2, -0.15) is 20.4 Å². The molecule has 0 unspecified atom stereocenters.